The molecule has 0 atom stereocenters. The van der Waals surface area contributed by atoms with Gasteiger partial charge in [-0.05, 0) is 12.8 Å². The van der Waals surface area contributed by atoms with Gasteiger partial charge in [0.15, 0.2) is 0 Å². The van der Waals surface area contributed by atoms with Crippen LogP contribution in [0, 0.1) is 0 Å². The van der Waals surface area contributed by atoms with Crippen molar-refractivity contribution in [3.8, 4) is 0 Å². The van der Waals surface area contributed by atoms with E-state index in [4.69, 9.17) is 4.74 Å². The van der Waals surface area contributed by atoms with Crippen molar-refractivity contribution in [1.82, 2.24) is 4.31 Å². The summed E-state index contributed by atoms with van der Waals surface area (Å²) < 4.78 is 31.0. The molecule has 1 aliphatic carbocycles. The van der Waals surface area contributed by atoms with E-state index in [1.807, 2.05) is 0 Å². The fraction of sp³-hybridized carbons (Fsp3) is 1.00. The Morgan fingerprint density at radius 1 is 1.12 bits per heavy atom. The van der Waals surface area contributed by atoms with Gasteiger partial charge in [-0.3, -0.25) is 0 Å². The first-order valence-corrected chi connectivity index (χ1v) is 7.75. The van der Waals surface area contributed by atoms with E-state index in [1.54, 1.807) is 0 Å². The largest absolute Gasteiger partial charge is 0.395 e. The first-order valence-electron chi connectivity index (χ1n) is 6.31. The number of hydrogen-bond donors (Lipinski definition) is 1. The molecule has 100 valence electrons. The summed E-state index contributed by atoms with van der Waals surface area (Å²) >= 11 is 0. The third kappa shape index (κ3) is 2.36. The molecule has 5 nitrogen and oxygen atoms in total. The Hall–Kier alpha value is -0.170. The second-order valence-electron chi connectivity index (χ2n) is 4.92. The van der Waals surface area contributed by atoms with Crippen molar-refractivity contribution in [1.29, 1.82) is 0 Å². The van der Waals surface area contributed by atoms with E-state index in [2.05, 4.69) is 0 Å². The van der Waals surface area contributed by atoms with Gasteiger partial charge in [-0.25, -0.2) is 8.42 Å². The SMILES string of the molecule is O=S(=O)(N1CCOCC1)C1(CO)CCCCC1. The van der Waals surface area contributed by atoms with E-state index < -0.39 is 14.8 Å². The molecule has 1 aliphatic heterocycles. The molecule has 2 fully saturated rings. The molecule has 0 spiro atoms. The minimum atomic E-state index is -3.39. The van der Waals surface area contributed by atoms with E-state index in [-0.39, 0.29) is 6.61 Å². The lowest BCUT2D eigenvalue weighted by Gasteiger charge is -2.40. The van der Waals surface area contributed by atoms with Gasteiger partial charge in [0.2, 0.25) is 10.0 Å². The highest BCUT2D eigenvalue weighted by Gasteiger charge is 2.47. The fourth-order valence-electron chi connectivity index (χ4n) is 2.75. The van der Waals surface area contributed by atoms with Gasteiger partial charge < -0.3 is 9.84 Å². The Morgan fingerprint density at radius 3 is 2.24 bits per heavy atom. The maximum absolute atomic E-state index is 12.6. The van der Waals surface area contributed by atoms with Crippen LogP contribution in [0.4, 0.5) is 0 Å². The molecule has 0 radical (unpaired) electrons. The topological polar surface area (TPSA) is 66.8 Å². The van der Waals surface area contributed by atoms with Crippen LogP contribution in [0.1, 0.15) is 32.1 Å². The van der Waals surface area contributed by atoms with Crippen molar-refractivity contribution < 1.29 is 18.3 Å². The second-order valence-corrected chi connectivity index (χ2v) is 7.25. The van der Waals surface area contributed by atoms with Crippen LogP contribution in [0.5, 0.6) is 0 Å². The number of ether oxygens (including phenoxy) is 1. The first kappa shape index (κ1) is 13.3. The molecule has 1 heterocycles. The molecule has 1 N–H and O–H groups in total. The highest BCUT2D eigenvalue weighted by atomic mass is 32.2. The van der Waals surface area contributed by atoms with Crippen LogP contribution in [-0.4, -0.2) is 55.5 Å². The zero-order chi connectivity index (χ0) is 12.4. The van der Waals surface area contributed by atoms with Gasteiger partial charge in [-0.15, -0.1) is 0 Å². The summed E-state index contributed by atoms with van der Waals surface area (Å²) in [5.41, 5.74) is 0. The summed E-state index contributed by atoms with van der Waals surface area (Å²) in [7, 11) is -3.39. The molecule has 0 amide bonds. The smallest absolute Gasteiger partial charge is 0.222 e. The zero-order valence-electron chi connectivity index (χ0n) is 10.1. The number of aliphatic hydroxyl groups excluding tert-OH is 1. The molecule has 0 aromatic heterocycles. The summed E-state index contributed by atoms with van der Waals surface area (Å²) in [6.07, 6.45) is 4.03. The average molecular weight is 263 g/mol. The van der Waals surface area contributed by atoms with Gasteiger partial charge >= 0.3 is 0 Å². The van der Waals surface area contributed by atoms with Gasteiger partial charge in [0, 0.05) is 13.1 Å². The normalized spacial score (nSPS) is 26.9. The van der Waals surface area contributed by atoms with Crippen molar-refractivity contribution in [2.45, 2.75) is 36.9 Å². The lowest BCUT2D eigenvalue weighted by molar-refractivity contribution is 0.0699. The van der Waals surface area contributed by atoms with Gasteiger partial charge in [0.1, 0.15) is 4.75 Å². The van der Waals surface area contributed by atoms with Crippen LogP contribution in [-0.2, 0) is 14.8 Å². The number of rotatable bonds is 3. The van der Waals surface area contributed by atoms with Gasteiger partial charge in [0.25, 0.3) is 0 Å². The Balaban J connectivity index is 2.21. The van der Waals surface area contributed by atoms with Crippen molar-refractivity contribution in [2.75, 3.05) is 32.9 Å². The third-order valence-electron chi connectivity index (χ3n) is 3.91. The predicted molar refractivity (Wildman–Crippen MR) is 64.2 cm³/mol. The Morgan fingerprint density at radius 2 is 1.71 bits per heavy atom. The predicted octanol–water partition coefficient (Wildman–Crippen LogP) is 0.344. The highest BCUT2D eigenvalue weighted by molar-refractivity contribution is 7.90. The third-order valence-corrected chi connectivity index (χ3v) is 6.59. The summed E-state index contributed by atoms with van der Waals surface area (Å²) in [6, 6.07) is 0. The Labute approximate surface area is 103 Å². The maximum atomic E-state index is 12.6. The molecule has 17 heavy (non-hydrogen) atoms. The van der Waals surface area contributed by atoms with E-state index >= 15 is 0 Å². The van der Waals surface area contributed by atoms with Crippen LogP contribution >= 0.6 is 0 Å². The number of hydrogen-bond acceptors (Lipinski definition) is 4. The zero-order valence-corrected chi connectivity index (χ0v) is 10.9. The fourth-order valence-corrected chi connectivity index (χ4v) is 4.90. The molecule has 2 aliphatic rings. The molecular formula is C11H21NO4S. The molecule has 1 saturated heterocycles. The van der Waals surface area contributed by atoms with Gasteiger partial charge in [-0.2, -0.15) is 4.31 Å². The number of aliphatic hydroxyl groups is 1. The van der Waals surface area contributed by atoms with Crippen LogP contribution in [0.3, 0.4) is 0 Å². The van der Waals surface area contributed by atoms with Crippen LogP contribution in [0.25, 0.3) is 0 Å². The average Bonchev–Trinajstić information content (AvgIpc) is 2.40. The summed E-state index contributed by atoms with van der Waals surface area (Å²) in [5.74, 6) is 0. The molecule has 0 aromatic carbocycles. The van der Waals surface area contributed by atoms with Gasteiger partial charge in [0.05, 0.1) is 19.8 Å². The van der Waals surface area contributed by atoms with E-state index in [1.165, 1.54) is 4.31 Å². The summed E-state index contributed by atoms with van der Waals surface area (Å²) in [4.78, 5) is 0. The molecule has 2 rings (SSSR count). The lowest BCUT2D eigenvalue weighted by atomic mass is 9.89. The van der Waals surface area contributed by atoms with Crippen LogP contribution < -0.4 is 0 Å². The van der Waals surface area contributed by atoms with Crippen molar-refractivity contribution in [3.05, 3.63) is 0 Å². The monoisotopic (exact) mass is 263 g/mol. The van der Waals surface area contributed by atoms with Gasteiger partial charge in [-0.1, -0.05) is 19.3 Å². The minimum absolute atomic E-state index is 0.257. The van der Waals surface area contributed by atoms with E-state index in [0.29, 0.717) is 39.1 Å². The molecular weight excluding hydrogens is 242 g/mol. The maximum Gasteiger partial charge on any atom is 0.222 e. The van der Waals surface area contributed by atoms with E-state index in [9.17, 15) is 13.5 Å². The number of nitrogens with zero attached hydrogens (tertiary/aromatic N) is 1. The molecule has 0 aromatic rings. The molecule has 0 unspecified atom stereocenters. The Kier molecular flexibility index (Phi) is 4.07. The first-order chi connectivity index (χ1) is 8.12. The van der Waals surface area contributed by atoms with Crippen LogP contribution in [0.15, 0.2) is 0 Å². The Bertz CT molecular complexity index is 342. The number of sulfonamides is 1. The number of morpholine rings is 1. The second kappa shape index (κ2) is 5.22. The van der Waals surface area contributed by atoms with Crippen molar-refractivity contribution in [3.63, 3.8) is 0 Å². The minimum Gasteiger partial charge on any atom is -0.395 e. The lowest BCUT2D eigenvalue weighted by Crippen LogP contribution is -2.54. The summed E-state index contributed by atoms with van der Waals surface area (Å²) in [5, 5.41) is 9.57. The molecule has 0 bridgehead atoms. The van der Waals surface area contributed by atoms with Crippen molar-refractivity contribution in [2.24, 2.45) is 0 Å². The molecule has 1 saturated carbocycles. The highest BCUT2D eigenvalue weighted by Crippen LogP contribution is 2.36. The quantitative estimate of drug-likeness (QED) is 0.797. The standard InChI is InChI=1S/C11H21NO4S/c13-10-11(4-2-1-3-5-11)17(14,15)12-6-8-16-9-7-12/h13H,1-10H2. The summed E-state index contributed by atoms with van der Waals surface area (Å²) in [6.45, 7) is 1.50. The molecule has 6 heteroatoms. The van der Waals surface area contributed by atoms with E-state index in [0.717, 1.165) is 19.3 Å². The van der Waals surface area contributed by atoms with Crippen LogP contribution in [0.2, 0.25) is 0 Å². The van der Waals surface area contributed by atoms with Crippen molar-refractivity contribution >= 4 is 10.0 Å².